The van der Waals surface area contributed by atoms with Crippen molar-refractivity contribution in [3.63, 3.8) is 0 Å². The second-order valence-corrected chi connectivity index (χ2v) is 9.44. The van der Waals surface area contributed by atoms with Crippen LogP contribution in [0.3, 0.4) is 0 Å². The lowest BCUT2D eigenvalue weighted by atomic mass is 10.0. The lowest BCUT2D eigenvalue weighted by Gasteiger charge is -2.24. The van der Waals surface area contributed by atoms with E-state index in [-0.39, 0.29) is 0 Å². The summed E-state index contributed by atoms with van der Waals surface area (Å²) >= 11 is 0. The van der Waals surface area contributed by atoms with Gasteiger partial charge in [0.25, 0.3) is 0 Å². The number of nitrogens with zero attached hydrogens (tertiary/aromatic N) is 1. The summed E-state index contributed by atoms with van der Waals surface area (Å²) in [5, 5.41) is 0. The second-order valence-electron chi connectivity index (χ2n) is 9.44. The van der Waals surface area contributed by atoms with Gasteiger partial charge in [-0.2, -0.15) is 0 Å². The molecule has 0 N–H and O–H groups in total. The second kappa shape index (κ2) is 17.8. The summed E-state index contributed by atoms with van der Waals surface area (Å²) in [6, 6.07) is 8.90. The van der Waals surface area contributed by atoms with E-state index < -0.39 is 0 Å². The lowest BCUT2D eigenvalue weighted by molar-refractivity contribution is 0.529. The Bertz CT molecular complexity index is 479. The highest BCUT2D eigenvalue weighted by Crippen LogP contribution is 2.26. The Kier molecular flexibility index (Phi) is 16.0. The smallest absolute Gasteiger partial charge is 0.0398 e. The fraction of sp³-hybridized carbons (Fsp3) is 0.786. The molecule has 0 heterocycles. The average molecular weight is 402 g/mol. The summed E-state index contributed by atoms with van der Waals surface area (Å²) in [7, 11) is 2.26. The number of anilines is 1. The van der Waals surface area contributed by atoms with Gasteiger partial charge in [0.05, 0.1) is 0 Å². The zero-order valence-electron chi connectivity index (χ0n) is 20.4. The summed E-state index contributed by atoms with van der Waals surface area (Å²) in [4.78, 5) is 2.46. The normalized spacial score (nSPS) is 11.3. The molecule has 0 aliphatic rings. The van der Waals surface area contributed by atoms with E-state index in [4.69, 9.17) is 0 Å². The van der Waals surface area contributed by atoms with Crippen LogP contribution < -0.4 is 4.90 Å². The SMILES string of the molecule is CCCCCCCCCCCCCCCCCCN(C)c1ccccc1C(C)C. The average Bonchev–Trinajstić information content (AvgIpc) is 2.73. The van der Waals surface area contributed by atoms with Gasteiger partial charge < -0.3 is 4.90 Å². The quantitative estimate of drug-likeness (QED) is 0.209. The first kappa shape index (κ1) is 26.1. The highest BCUT2D eigenvalue weighted by atomic mass is 15.1. The fourth-order valence-electron chi connectivity index (χ4n) is 4.34. The summed E-state index contributed by atoms with van der Waals surface area (Å²) in [5.41, 5.74) is 2.90. The van der Waals surface area contributed by atoms with Gasteiger partial charge in [0, 0.05) is 19.3 Å². The van der Waals surface area contributed by atoms with Crippen LogP contribution in [-0.4, -0.2) is 13.6 Å². The molecular formula is C28H51N. The Morgan fingerprint density at radius 2 is 1.03 bits per heavy atom. The van der Waals surface area contributed by atoms with E-state index in [1.54, 1.807) is 0 Å². The molecule has 29 heavy (non-hydrogen) atoms. The first-order valence-electron chi connectivity index (χ1n) is 13.0. The van der Waals surface area contributed by atoms with E-state index in [1.165, 1.54) is 121 Å². The van der Waals surface area contributed by atoms with Crippen LogP contribution in [0.2, 0.25) is 0 Å². The number of para-hydroxylation sites is 1. The summed E-state index contributed by atoms with van der Waals surface area (Å²) in [5.74, 6) is 0.597. The number of hydrogen-bond donors (Lipinski definition) is 0. The molecule has 0 amide bonds. The van der Waals surface area contributed by atoms with Crippen LogP contribution in [0, 0.1) is 0 Å². The predicted octanol–water partition coefficient (Wildman–Crippen LogP) is 9.51. The molecule has 0 atom stereocenters. The van der Waals surface area contributed by atoms with Crippen LogP contribution in [0.5, 0.6) is 0 Å². The molecule has 0 bridgehead atoms. The molecule has 0 saturated heterocycles. The number of benzene rings is 1. The van der Waals surface area contributed by atoms with Crippen LogP contribution in [-0.2, 0) is 0 Å². The summed E-state index contributed by atoms with van der Waals surface area (Å²) < 4.78 is 0. The van der Waals surface area contributed by atoms with Crippen molar-refractivity contribution in [1.29, 1.82) is 0 Å². The maximum atomic E-state index is 2.46. The third-order valence-electron chi connectivity index (χ3n) is 6.32. The molecule has 0 radical (unpaired) electrons. The van der Waals surface area contributed by atoms with Gasteiger partial charge in [0.2, 0.25) is 0 Å². The number of rotatable bonds is 19. The monoisotopic (exact) mass is 401 g/mol. The Balaban J connectivity index is 1.90. The molecule has 0 saturated carbocycles. The van der Waals surface area contributed by atoms with E-state index in [0.717, 1.165) is 0 Å². The van der Waals surface area contributed by atoms with Gasteiger partial charge in [0.15, 0.2) is 0 Å². The van der Waals surface area contributed by atoms with Gasteiger partial charge in [-0.1, -0.05) is 135 Å². The lowest BCUT2D eigenvalue weighted by Crippen LogP contribution is -2.20. The van der Waals surface area contributed by atoms with Gasteiger partial charge in [-0.15, -0.1) is 0 Å². The molecule has 0 aliphatic heterocycles. The highest BCUT2D eigenvalue weighted by Gasteiger charge is 2.09. The van der Waals surface area contributed by atoms with Gasteiger partial charge in [-0.3, -0.25) is 0 Å². The first-order valence-corrected chi connectivity index (χ1v) is 13.0. The van der Waals surface area contributed by atoms with Crippen LogP contribution in [0.15, 0.2) is 24.3 Å². The number of unbranched alkanes of at least 4 members (excludes halogenated alkanes) is 15. The van der Waals surface area contributed by atoms with Crippen LogP contribution >= 0.6 is 0 Å². The number of hydrogen-bond acceptors (Lipinski definition) is 1. The maximum absolute atomic E-state index is 2.46. The van der Waals surface area contributed by atoms with Gasteiger partial charge >= 0.3 is 0 Å². The van der Waals surface area contributed by atoms with Gasteiger partial charge in [-0.05, 0) is 24.0 Å². The molecule has 1 nitrogen and oxygen atoms in total. The molecule has 1 aromatic rings. The molecule has 1 heteroatoms. The molecule has 0 spiro atoms. The first-order chi connectivity index (χ1) is 14.2. The van der Waals surface area contributed by atoms with Crippen molar-refractivity contribution in [2.75, 3.05) is 18.5 Å². The molecule has 1 rings (SSSR count). The minimum absolute atomic E-state index is 0.597. The van der Waals surface area contributed by atoms with Crippen molar-refractivity contribution in [3.05, 3.63) is 29.8 Å². The standard InChI is InChI=1S/C28H51N/c1-5-6-7-8-9-10-11-12-13-14-15-16-17-18-19-22-25-29(4)28-24-21-20-23-27(28)26(2)3/h20-21,23-24,26H,5-19,22,25H2,1-4H3. The van der Waals surface area contributed by atoms with E-state index >= 15 is 0 Å². The van der Waals surface area contributed by atoms with E-state index in [1.807, 2.05) is 0 Å². The predicted molar refractivity (Wildman–Crippen MR) is 133 cm³/mol. The molecular weight excluding hydrogens is 350 g/mol. The molecule has 0 unspecified atom stereocenters. The Morgan fingerprint density at radius 1 is 0.621 bits per heavy atom. The minimum atomic E-state index is 0.597. The highest BCUT2D eigenvalue weighted by molar-refractivity contribution is 5.54. The van der Waals surface area contributed by atoms with Crippen molar-refractivity contribution in [2.24, 2.45) is 0 Å². The third kappa shape index (κ3) is 13.0. The van der Waals surface area contributed by atoms with E-state index in [2.05, 4.69) is 57.0 Å². The van der Waals surface area contributed by atoms with Crippen LogP contribution in [0.25, 0.3) is 0 Å². The Hall–Kier alpha value is -0.980. The van der Waals surface area contributed by atoms with E-state index in [9.17, 15) is 0 Å². The van der Waals surface area contributed by atoms with Crippen molar-refractivity contribution in [2.45, 2.75) is 129 Å². The van der Waals surface area contributed by atoms with Crippen molar-refractivity contribution in [1.82, 2.24) is 0 Å². The Morgan fingerprint density at radius 3 is 1.48 bits per heavy atom. The third-order valence-corrected chi connectivity index (χ3v) is 6.32. The maximum Gasteiger partial charge on any atom is 0.0398 e. The molecule has 0 fully saturated rings. The molecule has 0 aromatic heterocycles. The Labute approximate surface area is 183 Å². The fourth-order valence-corrected chi connectivity index (χ4v) is 4.34. The zero-order valence-corrected chi connectivity index (χ0v) is 20.4. The summed E-state index contributed by atoms with van der Waals surface area (Å²) in [6.45, 7) is 8.07. The van der Waals surface area contributed by atoms with E-state index in [0.29, 0.717) is 5.92 Å². The van der Waals surface area contributed by atoms with Crippen molar-refractivity contribution < 1.29 is 0 Å². The van der Waals surface area contributed by atoms with Crippen molar-refractivity contribution >= 4 is 5.69 Å². The van der Waals surface area contributed by atoms with Gasteiger partial charge in [0.1, 0.15) is 0 Å². The van der Waals surface area contributed by atoms with Crippen LogP contribution in [0.4, 0.5) is 5.69 Å². The van der Waals surface area contributed by atoms with Gasteiger partial charge in [-0.25, -0.2) is 0 Å². The van der Waals surface area contributed by atoms with Crippen LogP contribution in [0.1, 0.15) is 135 Å². The zero-order chi connectivity index (χ0) is 21.2. The molecule has 0 aliphatic carbocycles. The minimum Gasteiger partial charge on any atom is -0.374 e. The largest absolute Gasteiger partial charge is 0.374 e. The molecule has 1 aromatic carbocycles. The molecule has 168 valence electrons. The summed E-state index contributed by atoms with van der Waals surface area (Å²) in [6.07, 6.45) is 23.0. The topological polar surface area (TPSA) is 3.24 Å². The van der Waals surface area contributed by atoms with Crippen molar-refractivity contribution in [3.8, 4) is 0 Å².